The van der Waals surface area contributed by atoms with Gasteiger partial charge >= 0.3 is 0 Å². The van der Waals surface area contributed by atoms with Crippen LogP contribution in [-0.4, -0.2) is 16.7 Å². The third-order valence-corrected chi connectivity index (χ3v) is 8.06. The van der Waals surface area contributed by atoms with Crippen molar-refractivity contribution in [1.82, 2.24) is 9.99 Å². The number of amides is 1. The molecule has 2 aromatic heterocycles. The average Bonchev–Trinajstić information content (AvgIpc) is 3.41. The highest BCUT2D eigenvalue weighted by Crippen LogP contribution is 2.40. The molecule has 1 N–H and O–H groups in total. The van der Waals surface area contributed by atoms with Gasteiger partial charge in [-0.15, -0.1) is 11.3 Å². The monoisotopic (exact) mass is 469 g/mol. The van der Waals surface area contributed by atoms with Crippen molar-refractivity contribution in [3.8, 4) is 0 Å². The molecule has 1 atom stereocenters. The minimum Gasteiger partial charge on any atom is -0.342 e. The fourth-order valence-electron chi connectivity index (χ4n) is 4.95. The molecule has 2 heterocycles. The number of hydrogen-bond acceptors (Lipinski definition) is 3. The Morgan fingerprint density at radius 2 is 1.91 bits per heavy atom. The lowest BCUT2D eigenvalue weighted by molar-refractivity contribution is 0.0954. The maximum Gasteiger partial charge on any atom is 0.272 e. The van der Waals surface area contributed by atoms with E-state index in [1.807, 2.05) is 17.5 Å². The summed E-state index contributed by atoms with van der Waals surface area (Å²) in [5.41, 5.74) is 8.48. The van der Waals surface area contributed by atoms with Crippen molar-refractivity contribution >= 4 is 34.4 Å². The summed E-state index contributed by atoms with van der Waals surface area (Å²) >= 11 is 1.72. The number of carbonyl (C=O) groups is 1. The third kappa shape index (κ3) is 4.58. The Morgan fingerprint density at radius 1 is 1.15 bits per heavy atom. The summed E-state index contributed by atoms with van der Waals surface area (Å²) in [5, 5.41) is 7.47. The van der Waals surface area contributed by atoms with Crippen LogP contribution in [-0.2, 0) is 19.4 Å². The quantitative estimate of drug-likeness (QED) is 0.258. The first-order chi connectivity index (χ1) is 16.4. The molecular formula is C29H31N3OS. The Bertz CT molecular complexity index is 1340. The molecule has 1 aliphatic carbocycles. The molecule has 0 fully saturated rings. The lowest BCUT2D eigenvalue weighted by Crippen LogP contribution is -2.27. The van der Waals surface area contributed by atoms with Crippen molar-refractivity contribution in [2.24, 2.45) is 16.4 Å². The zero-order valence-electron chi connectivity index (χ0n) is 20.0. The van der Waals surface area contributed by atoms with Crippen LogP contribution in [0.5, 0.6) is 0 Å². The van der Waals surface area contributed by atoms with Crippen LogP contribution in [0.1, 0.15) is 59.1 Å². The minimum absolute atomic E-state index is 0.115. The number of rotatable bonds is 5. The van der Waals surface area contributed by atoms with Crippen molar-refractivity contribution in [1.29, 1.82) is 0 Å². The molecular weight excluding hydrogens is 438 g/mol. The van der Waals surface area contributed by atoms with Crippen molar-refractivity contribution in [3.05, 3.63) is 93.3 Å². The molecule has 34 heavy (non-hydrogen) atoms. The molecule has 174 valence electrons. The highest BCUT2D eigenvalue weighted by atomic mass is 32.1. The van der Waals surface area contributed by atoms with Gasteiger partial charge in [0.25, 0.3) is 5.91 Å². The second-order valence-electron chi connectivity index (χ2n) is 10.3. The van der Waals surface area contributed by atoms with Crippen LogP contribution >= 0.6 is 11.3 Å². The fourth-order valence-corrected chi connectivity index (χ4v) is 6.11. The van der Waals surface area contributed by atoms with E-state index in [4.69, 9.17) is 0 Å². The van der Waals surface area contributed by atoms with Crippen molar-refractivity contribution < 1.29 is 4.79 Å². The van der Waals surface area contributed by atoms with Gasteiger partial charge in [-0.05, 0) is 47.8 Å². The number of carbonyl (C=O) groups excluding carboxylic acids is 1. The second-order valence-corrected chi connectivity index (χ2v) is 11.2. The topological polar surface area (TPSA) is 46.4 Å². The molecule has 0 radical (unpaired) electrons. The predicted octanol–water partition coefficient (Wildman–Crippen LogP) is 6.67. The number of thiophene rings is 1. The van der Waals surface area contributed by atoms with E-state index in [0.29, 0.717) is 11.3 Å². The molecule has 0 unspecified atom stereocenters. The van der Waals surface area contributed by atoms with E-state index in [-0.39, 0.29) is 5.91 Å². The zero-order valence-corrected chi connectivity index (χ0v) is 20.9. The first-order valence-electron chi connectivity index (χ1n) is 11.9. The molecule has 1 amide bonds. The number of fused-ring (bicyclic) bond motifs is 2. The lowest BCUT2D eigenvalue weighted by Gasteiger charge is -2.33. The summed E-state index contributed by atoms with van der Waals surface area (Å²) in [5.74, 6) is 0.553. The van der Waals surface area contributed by atoms with Crippen molar-refractivity contribution in [3.63, 3.8) is 0 Å². The van der Waals surface area contributed by atoms with Gasteiger partial charge in [-0.2, -0.15) is 5.10 Å². The summed E-state index contributed by atoms with van der Waals surface area (Å²) in [6.45, 7) is 7.73. The highest BCUT2D eigenvalue weighted by molar-refractivity contribution is 7.10. The van der Waals surface area contributed by atoms with Gasteiger partial charge in [-0.25, -0.2) is 5.43 Å². The summed E-state index contributed by atoms with van der Waals surface area (Å²) in [6.07, 6.45) is 7.04. The number of aromatic nitrogens is 1. The van der Waals surface area contributed by atoms with Crippen molar-refractivity contribution in [2.75, 3.05) is 0 Å². The van der Waals surface area contributed by atoms with Gasteiger partial charge in [0.1, 0.15) is 0 Å². The number of hydrogen-bond donors (Lipinski definition) is 1. The van der Waals surface area contributed by atoms with Gasteiger partial charge in [0, 0.05) is 39.5 Å². The summed E-state index contributed by atoms with van der Waals surface area (Å²) in [4.78, 5) is 14.3. The fraction of sp³-hybridized carbons (Fsp3) is 0.310. The Labute approximate surface area is 205 Å². The summed E-state index contributed by atoms with van der Waals surface area (Å²) in [7, 11) is 0. The van der Waals surface area contributed by atoms with Gasteiger partial charge in [0.15, 0.2) is 0 Å². The maximum atomic E-state index is 12.9. The van der Waals surface area contributed by atoms with Crippen LogP contribution in [0.25, 0.3) is 10.9 Å². The molecule has 1 aliphatic rings. The smallest absolute Gasteiger partial charge is 0.272 e. The molecule has 4 aromatic rings. The second kappa shape index (κ2) is 9.22. The number of nitrogens with one attached hydrogen (secondary N) is 1. The van der Waals surface area contributed by atoms with E-state index >= 15 is 0 Å². The van der Waals surface area contributed by atoms with Crippen LogP contribution in [0.4, 0.5) is 0 Å². The molecule has 5 heteroatoms. The number of nitrogens with zero attached hydrogens (tertiary/aromatic N) is 2. The number of para-hydroxylation sites is 1. The largest absolute Gasteiger partial charge is 0.342 e. The number of hydrazone groups is 1. The van der Waals surface area contributed by atoms with E-state index in [0.717, 1.165) is 47.8 Å². The molecule has 0 aliphatic heterocycles. The lowest BCUT2D eigenvalue weighted by atomic mass is 9.72. The van der Waals surface area contributed by atoms with E-state index in [2.05, 4.69) is 84.5 Å². The van der Waals surface area contributed by atoms with E-state index < -0.39 is 0 Å². The standard InChI is InChI=1S/C29H31N3OS/c1-29(2,3)22-13-14-24-25(19-34-27(24)15-22)28(33)31-30-16-21-18-32(17-20-9-5-4-6-10-20)26-12-8-7-11-23(21)26/h4-12,16,18-19,22H,13-15,17H2,1-3H3,(H,31,33)/b30-16+/t22-/m1/s1. The van der Waals surface area contributed by atoms with E-state index in [1.165, 1.54) is 16.0 Å². The first-order valence-corrected chi connectivity index (χ1v) is 12.8. The van der Waals surface area contributed by atoms with Gasteiger partial charge in [0.05, 0.1) is 11.8 Å². The van der Waals surface area contributed by atoms with Crippen LogP contribution in [0.2, 0.25) is 0 Å². The number of benzene rings is 2. The Kier molecular flexibility index (Phi) is 6.13. The Balaban J connectivity index is 1.32. The Hall–Kier alpha value is -3.18. The zero-order chi connectivity index (χ0) is 23.7. The van der Waals surface area contributed by atoms with Gasteiger partial charge in [-0.1, -0.05) is 69.3 Å². The van der Waals surface area contributed by atoms with Crippen LogP contribution < -0.4 is 5.43 Å². The van der Waals surface area contributed by atoms with Crippen LogP contribution in [0, 0.1) is 11.3 Å². The third-order valence-electron chi connectivity index (χ3n) is 7.01. The van der Waals surface area contributed by atoms with Crippen LogP contribution in [0.3, 0.4) is 0 Å². The van der Waals surface area contributed by atoms with Gasteiger partial charge < -0.3 is 4.57 Å². The van der Waals surface area contributed by atoms with Crippen LogP contribution in [0.15, 0.2) is 71.3 Å². The summed E-state index contributed by atoms with van der Waals surface area (Å²) < 4.78 is 2.23. The molecule has 5 rings (SSSR count). The Morgan fingerprint density at radius 3 is 2.71 bits per heavy atom. The predicted molar refractivity (Wildman–Crippen MR) is 142 cm³/mol. The summed E-state index contributed by atoms with van der Waals surface area (Å²) in [6, 6.07) is 18.7. The molecule has 0 spiro atoms. The first kappa shape index (κ1) is 22.6. The molecule has 0 saturated carbocycles. The molecule has 0 bridgehead atoms. The molecule has 0 saturated heterocycles. The molecule has 2 aromatic carbocycles. The minimum atomic E-state index is -0.115. The van der Waals surface area contributed by atoms with Gasteiger partial charge in [0.2, 0.25) is 0 Å². The van der Waals surface area contributed by atoms with E-state index in [9.17, 15) is 4.79 Å². The highest BCUT2D eigenvalue weighted by Gasteiger charge is 2.31. The normalized spacial score (nSPS) is 16.1. The SMILES string of the molecule is CC(C)(C)[C@@H]1CCc2c(C(=O)N/N=C/c3cn(Cc4ccccc4)c4ccccc34)csc2C1. The van der Waals surface area contributed by atoms with Gasteiger partial charge in [-0.3, -0.25) is 4.79 Å². The van der Waals surface area contributed by atoms with E-state index in [1.54, 1.807) is 17.6 Å². The average molecular weight is 470 g/mol. The van der Waals surface area contributed by atoms with Crippen molar-refractivity contribution in [2.45, 2.75) is 46.6 Å². The molecule has 4 nitrogen and oxygen atoms in total. The maximum absolute atomic E-state index is 12.9.